The molecular weight excluding hydrogens is 244 g/mol. The largest absolute Gasteiger partial charge is 0.308 e. The third-order valence-electron chi connectivity index (χ3n) is 6.75. The summed E-state index contributed by atoms with van der Waals surface area (Å²) in [5, 5.41) is 3.93. The van der Waals surface area contributed by atoms with E-state index < -0.39 is 0 Å². The Morgan fingerprint density at radius 2 is 1.80 bits per heavy atom. The molecule has 3 rings (SSSR count). The number of hydrogen-bond acceptors (Lipinski definition) is 2. The lowest BCUT2D eigenvalue weighted by Gasteiger charge is -2.51. The molecule has 5 atom stereocenters. The van der Waals surface area contributed by atoms with E-state index in [1.165, 1.54) is 38.8 Å². The van der Waals surface area contributed by atoms with E-state index in [1.54, 1.807) is 0 Å². The molecule has 0 bridgehead atoms. The standard InChI is InChI=1S/C18H34N2/c1-12(2)17-10-19-18(5,15-7-8-15)11-20(17)16-9-6-13(3)14(16)4/h12-17,19H,6-11H2,1-5H3. The van der Waals surface area contributed by atoms with Crippen molar-refractivity contribution in [3.8, 4) is 0 Å². The van der Waals surface area contributed by atoms with Crippen LogP contribution in [0.2, 0.25) is 0 Å². The second-order valence-corrected chi connectivity index (χ2v) is 8.54. The van der Waals surface area contributed by atoms with E-state index in [4.69, 9.17) is 0 Å². The molecule has 3 fully saturated rings. The van der Waals surface area contributed by atoms with Gasteiger partial charge in [0.15, 0.2) is 0 Å². The summed E-state index contributed by atoms with van der Waals surface area (Å²) in [7, 11) is 0. The van der Waals surface area contributed by atoms with Crippen LogP contribution in [0.15, 0.2) is 0 Å². The van der Waals surface area contributed by atoms with Crippen molar-refractivity contribution in [2.24, 2.45) is 23.7 Å². The summed E-state index contributed by atoms with van der Waals surface area (Å²) in [4.78, 5) is 2.92. The van der Waals surface area contributed by atoms with Crippen LogP contribution in [0.5, 0.6) is 0 Å². The van der Waals surface area contributed by atoms with Crippen LogP contribution in [0, 0.1) is 23.7 Å². The van der Waals surface area contributed by atoms with Crippen LogP contribution in [0.25, 0.3) is 0 Å². The Morgan fingerprint density at radius 3 is 2.30 bits per heavy atom. The zero-order valence-electron chi connectivity index (χ0n) is 14.2. The molecule has 3 aliphatic rings. The zero-order chi connectivity index (χ0) is 14.5. The third-order valence-corrected chi connectivity index (χ3v) is 6.75. The molecule has 1 aliphatic heterocycles. The molecule has 0 aromatic rings. The smallest absolute Gasteiger partial charge is 0.0309 e. The maximum absolute atomic E-state index is 3.93. The zero-order valence-corrected chi connectivity index (χ0v) is 14.2. The summed E-state index contributed by atoms with van der Waals surface area (Å²) in [6, 6.07) is 1.57. The molecule has 0 radical (unpaired) electrons. The van der Waals surface area contributed by atoms with Crippen molar-refractivity contribution in [2.45, 2.75) is 77.9 Å². The van der Waals surface area contributed by atoms with Gasteiger partial charge in [-0.25, -0.2) is 0 Å². The Bertz CT molecular complexity index is 349. The maximum Gasteiger partial charge on any atom is 0.0309 e. The quantitative estimate of drug-likeness (QED) is 0.850. The van der Waals surface area contributed by atoms with E-state index in [-0.39, 0.29) is 0 Å². The first kappa shape index (κ1) is 14.8. The van der Waals surface area contributed by atoms with Gasteiger partial charge in [0.2, 0.25) is 0 Å². The molecule has 1 N–H and O–H groups in total. The van der Waals surface area contributed by atoms with Gasteiger partial charge in [-0.1, -0.05) is 27.7 Å². The van der Waals surface area contributed by atoms with E-state index >= 15 is 0 Å². The minimum Gasteiger partial charge on any atom is -0.308 e. The van der Waals surface area contributed by atoms with E-state index in [1.807, 2.05) is 0 Å². The Kier molecular flexibility index (Phi) is 3.92. The summed E-state index contributed by atoms with van der Waals surface area (Å²) in [6.07, 6.45) is 5.74. The first-order chi connectivity index (χ1) is 9.42. The molecule has 2 heteroatoms. The number of hydrogen-bond donors (Lipinski definition) is 1. The lowest BCUT2D eigenvalue weighted by Crippen LogP contribution is -2.67. The second kappa shape index (κ2) is 5.28. The van der Waals surface area contributed by atoms with Gasteiger partial charge in [-0.15, -0.1) is 0 Å². The van der Waals surface area contributed by atoms with Gasteiger partial charge < -0.3 is 5.32 Å². The van der Waals surface area contributed by atoms with Crippen molar-refractivity contribution in [1.82, 2.24) is 10.2 Å². The highest BCUT2D eigenvalue weighted by molar-refractivity contribution is 5.06. The van der Waals surface area contributed by atoms with E-state index in [2.05, 4.69) is 44.8 Å². The lowest BCUT2D eigenvalue weighted by molar-refractivity contribution is 0.00527. The Balaban J connectivity index is 1.78. The molecule has 5 unspecified atom stereocenters. The number of piperazine rings is 1. The topological polar surface area (TPSA) is 15.3 Å². The number of nitrogens with one attached hydrogen (secondary N) is 1. The Morgan fingerprint density at radius 1 is 1.10 bits per heavy atom. The summed E-state index contributed by atoms with van der Waals surface area (Å²) in [5.74, 6) is 3.48. The monoisotopic (exact) mass is 278 g/mol. The molecule has 0 aromatic heterocycles. The van der Waals surface area contributed by atoms with Crippen LogP contribution >= 0.6 is 0 Å². The SMILES string of the molecule is CC(C)C1CNC(C)(C2CC2)CN1C1CCC(C)C1C. The molecule has 0 spiro atoms. The van der Waals surface area contributed by atoms with Crippen LogP contribution in [-0.4, -0.2) is 35.6 Å². The Labute approximate surface area is 125 Å². The molecule has 116 valence electrons. The predicted molar refractivity (Wildman–Crippen MR) is 85.8 cm³/mol. The van der Waals surface area contributed by atoms with Crippen LogP contribution in [-0.2, 0) is 0 Å². The van der Waals surface area contributed by atoms with Crippen LogP contribution in [0.1, 0.15) is 60.3 Å². The van der Waals surface area contributed by atoms with Crippen LogP contribution in [0.3, 0.4) is 0 Å². The van der Waals surface area contributed by atoms with Crippen LogP contribution in [0.4, 0.5) is 0 Å². The first-order valence-corrected chi connectivity index (χ1v) is 8.93. The summed E-state index contributed by atoms with van der Waals surface area (Å²) in [6.45, 7) is 14.7. The lowest BCUT2D eigenvalue weighted by atomic mass is 9.85. The van der Waals surface area contributed by atoms with Crippen molar-refractivity contribution >= 4 is 0 Å². The van der Waals surface area contributed by atoms with Crippen molar-refractivity contribution in [2.75, 3.05) is 13.1 Å². The maximum atomic E-state index is 3.93. The fraction of sp³-hybridized carbons (Fsp3) is 1.00. The normalized spacial score (nSPS) is 47.1. The fourth-order valence-electron chi connectivity index (χ4n) is 4.79. The van der Waals surface area contributed by atoms with Crippen LogP contribution < -0.4 is 5.32 Å². The van der Waals surface area contributed by atoms with Crippen molar-refractivity contribution in [1.29, 1.82) is 0 Å². The van der Waals surface area contributed by atoms with E-state index in [9.17, 15) is 0 Å². The van der Waals surface area contributed by atoms with Crippen molar-refractivity contribution in [3.05, 3.63) is 0 Å². The molecule has 2 nitrogen and oxygen atoms in total. The fourth-order valence-corrected chi connectivity index (χ4v) is 4.79. The number of nitrogens with zero attached hydrogens (tertiary/aromatic N) is 1. The van der Waals surface area contributed by atoms with Crippen molar-refractivity contribution in [3.63, 3.8) is 0 Å². The minimum absolute atomic E-state index is 0.386. The highest BCUT2D eigenvalue weighted by Crippen LogP contribution is 2.44. The number of rotatable bonds is 3. The minimum atomic E-state index is 0.386. The summed E-state index contributed by atoms with van der Waals surface area (Å²) in [5.41, 5.74) is 0.386. The van der Waals surface area contributed by atoms with E-state index in [0.717, 1.165) is 35.8 Å². The highest BCUT2D eigenvalue weighted by atomic mass is 15.3. The Hall–Kier alpha value is -0.0800. The first-order valence-electron chi connectivity index (χ1n) is 8.93. The molecule has 1 saturated heterocycles. The average Bonchev–Trinajstić information content (AvgIpc) is 3.18. The molecule has 0 aromatic carbocycles. The van der Waals surface area contributed by atoms with Gasteiger partial charge in [0, 0.05) is 30.7 Å². The van der Waals surface area contributed by atoms with Crippen molar-refractivity contribution < 1.29 is 0 Å². The second-order valence-electron chi connectivity index (χ2n) is 8.54. The van der Waals surface area contributed by atoms with Gasteiger partial charge in [0.05, 0.1) is 0 Å². The summed E-state index contributed by atoms with van der Waals surface area (Å²) < 4.78 is 0. The van der Waals surface area contributed by atoms with Gasteiger partial charge in [-0.2, -0.15) is 0 Å². The molecule has 2 aliphatic carbocycles. The van der Waals surface area contributed by atoms with Gasteiger partial charge in [0.1, 0.15) is 0 Å². The van der Waals surface area contributed by atoms with Gasteiger partial charge >= 0.3 is 0 Å². The summed E-state index contributed by atoms with van der Waals surface area (Å²) >= 11 is 0. The molecule has 0 amide bonds. The highest BCUT2D eigenvalue weighted by Gasteiger charge is 2.49. The van der Waals surface area contributed by atoms with E-state index in [0.29, 0.717) is 5.54 Å². The third kappa shape index (κ3) is 2.54. The average molecular weight is 278 g/mol. The van der Waals surface area contributed by atoms with Gasteiger partial charge in [-0.05, 0) is 56.3 Å². The predicted octanol–water partition coefficient (Wildman–Crippen LogP) is 3.52. The molecule has 20 heavy (non-hydrogen) atoms. The van der Waals surface area contributed by atoms with Gasteiger partial charge in [0.25, 0.3) is 0 Å². The van der Waals surface area contributed by atoms with Gasteiger partial charge in [-0.3, -0.25) is 4.90 Å². The molecule has 1 heterocycles. The molecule has 2 saturated carbocycles. The molecular formula is C18H34N2.